The lowest BCUT2D eigenvalue weighted by Gasteiger charge is -2.35. The number of nitrogens with one attached hydrogen (secondary N) is 1. The van der Waals surface area contributed by atoms with Crippen LogP contribution in [0.1, 0.15) is 37.0 Å². The van der Waals surface area contributed by atoms with Crippen molar-refractivity contribution in [3.05, 3.63) is 35.9 Å². The van der Waals surface area contributed by atoms with Crippen molar-refractivity contribution in [2.75, 3.05) is 19.6 Å². The Bertz CT molecular complexity index is 432. The quantitative estimate of drug-likeness (QED) is 0.879. The summed E-state index contributed by atoms with van der Waals surface area (Å²) in [6.45, 7) is 6.19. The van der Waals surface area contributed by atoms with Crippen molar-refractivity contribution in [1.29, 1.82) is 0 Å². The summed E-state index contributed by atoms with van der Waals surface area (Å²) in [4.78, 5) is 14.3. The van der Waals surface area contributed by atoms with Crippen molar-refractivity contribution in [1.82, 2.24) is 10.2 Å². The zero-order chi connectivity index (χ0) is 14.6. The molecule has 20 heavy (non-hydrogen) atoms. The van der Waals surface area contributed by atoms with Crippen molar-refractivity contribution >= 4 is 5.91 Å². The first-order valence-electron chi connectivity index (χ1n) is 7.25. The lowest BCUT2D eigenvalue weighted by molar-refractivity contribution is 0.0267. The summed E-state index contributed by atoms with van der Waals surface area (Å²) in [7, 11) is 0. The minimum atomic E-state index is -0.653. The van der Waals surface area contributed by atoms with E-state index in [2.05, 4.69) is 10.2 Å². The van der Waals surface area contributed by atoms with Crippen molar-refractivity contribution < 1.29 is 9.90 Å². The van der Waals surface area contributed by atoms with Crippen molar-refractivity contribution in [2.45, 2.75) is 38.3 Å². The second kappa shape index (κ2) is 6.37. The van der Waals surface area contributed by atoms with Gasteiger partial charge < -0.3 is 15.3 Å². The number of piperidine rings is 1. The van der Waals surface area contributed by atoms with Crippen LogP contribution in [0.4, 0.5) is 0 Å². The van der Waals surface area contributed by atoms with Gasteiger partial charge in [-0.05, 0) is 38.8 Å². The number of carbonyl (C=O) groups is 1. The molecule has 0 spiro atoms. The van der Waals surface area contributed by atoms with E-state index in [1.165, 1.54) is 0 Å². The van der Waals surface area contributed by atoms with Crippen LogP contribution < -0.4 is 5.32 Å². The first-order valence-corrected chi connectivity index (χ1v) is 7.25. The summed E-state index contributed by atoms with van der Waals surface area (Å²) >= 11 is 0. The normalized spacial score (nSPS) is 17.9. The third-order valence-electron chi connectivity index (χ3n) is 3.57. The summed E-state index contributed by atoms with van der Waals surface area (Å²) in [5, 5.41) is 12.9. The van der Waals surface area contributed by atoms with Gasteiger partial charge in [0.2, 0.25) is 0 Å². The molecule has 0 atom stereocenters. The molecular weight excluding hydrogens is 252 g/mol. The highest BCUT2D eigenvalue weighted by atomic mass is 16.3. The molecule has 1 fully saturated rings. The molecule has 0 saturated carbocycles. The average molecular weight is 276 g/mol. The van der Waals surface area contributed by atoms with E-state index in [1.807, 2.05) is 44.2 Å². The molecule has 0 unspecified atom stereocenters. The Kier molecular flexibility index (Phi) is 4.78. The van der Waals surface area contributed by atoms with Gasteiger partial charge in [0, 0.05) is 31.2 Å². The van der Waals surface area contributed by atoms with Crippen LogP contribution in [0.2, 0.25) is 0 Å². The Labute approximate surface area is 120 Å². The van der Waals surface area contributed by atoms with Crippen LogP contribution in [0.25, 0.3) is 0 Å². The van der Waals surface area contributed by atoms with Gasteiger partial charge in [-0.2, -0.15) is 0 Å². The molecule has 4 heteroatoms. The van der Waals surface area contributed by atoms with Crippen LogP contribution in [0, 0.1) is 0 Å². The number of amides is 1. The molecule has 0 aromatic heterocycles. The van der Waals surface area contributed by atoms with Crippen molar-refractivity contribution in [2.24, 2.45) is 0 Å². The Morgan fingerprint density at radius 3 is 2.45 bits per heavy atom. The maximum Gasteiger partial charge on any atom is 0.251 e. The van der Waals surface area contributed by atoms with Crippen molar-refractivity contribution in [3.63, 3.8) is 0 Å². The molecule has 0 aliphatic carbocycles. The SMILES string of the molecule is CC(C)(O)CN1CCC(NC(=O)c2ccccc2)CC1. The van der Waals surface area contributed by atoms with E-state index in [4.69, 9.17) is 0 Å². The van der Waals surface area contributed by atoms with Gasteiger partial charge in [-0.25, -0.2) is 0 Å². The fourth-order valence-corrected chi connectivity index (χ4v) is 2.64. The summed E-state index contributed by atoms with van der Waals surface area (Å²) < 4.78 is 0. The van der Waals surface area contributed by atoms with E-state index in [-0.39, 0.29) is 11.9 Å². The first-order chi connectivity index (χ1) is 9.44. The minimum absolute atomic E-state index is 0.00605. The molecule has 1 aliphatic rings. The van der Waals surface area contributed by atoms with Crippen LogP contribution in [0.15, 0.2) is 30.3 Å². The molecule has 1 aromatic rings. The van der Waals surface area contributed by atoms with Crippen LogP contribution in [0.3, 0.4) is 0 Å². The number of likely N-dealkylation sites (tertiary alicyclic amines) is 1. The number of β-amino-alcohol motifs (C(OH)–C–C–N with tert-alkyl or cyclic N) is 1. The summed E-state index contributed by atoms with van der Waals surface area (Å²) in [5.74, 6) is 0.00605. The molecule has 4 nitrogen and oxygen atoms in total. The molecular formula is C16H24N2O2. The monoisotopic (exact) mass is 276 g/mol. The van der Waals surface area contributed by atoms with Gasteiger partial charge in [-0.15, -0.1) is 0 Å². The maximum atomic E-state index is 12.1. The number of rotatable bonds is 4. The van der Waals surface area contributed by atoms with Crippen LogP contribution >= 0.6 is 0 Å². The van der Waals surface area contributed by atoms with Gasteiger partial charge in [-0.1, -0.05) is 18.2 Å². The highest BCUT2D eigenvalue weighted by molar-refractivity contribution is 5.94. The Hall–Kier alpha value is -1.39. The zero-order valence-corrected chi connectivity index (χ0v) is 12.3. The maximum absolute atomic E-state index is 12.1. The Morgan fingerprint density at radius 2 is 1.90 bits per heavy atom. The molecule has 1 saturated heterocycles. The van der Waals surface area contributed by atoms with E-state index in [0.717, 1.165) is 25.9 Å². The van der Waals surface area contributed by atoms with E-state index < -0.39 is 5.60 Å². The molecule has 0 radical (unpaired) electrons. The minimum Gasteiger partial charge on any atom is -0.389 e. The highest BCUT2D eigenvalue weighted by Crippen LogP contribution is 2.14. The van der Waals surface area contributed by atoms with Gasteiger partial charge >= 0.3 is 0 Å². The number of hydrogen-bond donors (Lipinski definition) is 2. The van der Waals surface area contributed by atoms with Gasteiger partial charge in [-0.3, -0.25) is 4.79 Å². The Balaban J connectivity index is 1.79. The molecule has 1 aromatic carbocycles. The Morgan fingerprint density at radius 1 is 1.30 bits per heavy atom. The number of benzene rings is 1. The van der Waals surface area contributed by atoms with Gasteiger partial charge in [0.1, 0.15) is 0 Å². The number of nitrogens with zero attached hydrogens (tertiary/aromatic N) is 1. The lowest BCUT2D eigenvalue weighted by Crippen LogP contribution is -2.48. The first kappa shape index (κ1) is 15.0. The third kappa shape index (κ3) is 4.62. The molecule has 1 aliphatic heterocycles. The summed E-state index contributed by atoms with van der Waals surface area (Å²) in [5.41, 5.74) is 0.0616. The van der Waals surface area contributed by atoms with Crippen LogP contribution in [-0.2, 0) is 0 Å². The third-order valence-corrected chi connectivity index (χ3v) is 3.57. The number of carbonyl (C=O) groups excluding carboxylic acids is 1. The van der Waals surface area contributed by atoms with E-state index >= 15 is 0 Å². The molecule has 1 amide bonds. The van der Waals surface area contributed by atoms with Crippen molar-refractivity contribution in [3.8, 4) is 0 Å². The molecule has 1 heterocycles. The van der Waals surface area contributed by atoms with E-state index in [1.54, 1.807) is 0 Å². The predicted molar refractivity (Wildman–Crippen MR) is 79.7 cm³/mol. The zero-order valence-electron chi connectivity index (χ0n) is 12.3. The standard InChI is InChI=1S/C16H24N2O2/c1-16(2,20)12-18-10-8-14(9-11-18)17-15(19)13-6-4-3-5-7-13/h3-7,14,20H,8-12H2,1-2H3,(H,17,19). The average Bonchev–Trinajstić information content (AvgIpc) is 2.40. The molecule has 2 N–H and O–H groups in total. The molecule has 110 valence electrons. The number of hydrogen-bond acceptors (Lipinski definition) is 3. The van der Waals surface area contributed by atoms with Gasteiger partial charge in [0.15, 0.2) is 0 Å². The van der Waals surface area contributed by atoms with Crippen LogP contribution in [0.5, 0.6) is 0 Å². The number of aliphatic hydroxyl groups is 1. The summed E-state index contributed by atoms with van der Waals surface area (Å²) in [6.07, 6.45) is 1.88. The molecule has 0 bridgehead atoms. The smallest absolute Gasteiger partial charge is 0.251 e. The highest BCUT2D eigenvalue weighted by Gasteiger charge is 2.24. The largest absolute Gasteiger partial charge is 0.389 e. The topological polar surface area (TPSA) is 52.6 Å². The lowest BCUT2D eigenvalue weighted by atomic mass is 10.0. The van der Waals surface area contributed by atoms with E-state index in [0.29, 0.717) is 12.1 Å². The summed E-state index contributed by atoms with van der Waals surface area (Å²) in [6, 6.07) is 9.56. The second-order valence-electron chi connectivity index (χ2n) is 6.20. The predicted octanol–water partition coefficient (Wildman–Crippen LogP) is 1.65. The fourth-order valence-electron chi connectivity index (χ4n) is 2.64. The second-order valence-corrected chi connectivity index (χ2v) is 6.20. The van der Waals surface area contributed by atoms with Gasteiger partial charge in [0.25, 0.3) is 5.91 Å². The fraction of sp³-hybridized carbons (Fsp3) is 0.562. The van der Waals surface area contributed by atoms with Gasteiger partial charge in [0.05, 0.1) is 5.60 Å². The molecule has 2 rings (SSSR count). The van der Waals surface area contributed by atoms with E-state index in [9.17, 15) is 9.90 Å². The van der Waals surface area contributed by atoms with Crippen LogP contribution in [-0.4, -0.2) is 47.2 Å².